The standard InChI is InChI=1S/C15H23N3O4/c1-17(9-10-19)11-15(21)18(8-7-14(16)20)12-5-3-4-6-13(12)22-2/h3-6,19H,7-11H2,1-2H3,(H2,16,20). The van der Waals surface area contributed by atoms with Gasteiger partial charge in [-0.2, -0.15) is 0 Å². The van der Waals surface area contributed by atoms with Crippen LogP contribution in [-0.2, 0) is 9.59 Å². The molecule has 3 N–H and O–H groups in total. The number of carbonyl (C=O) groups excluding carboxylic acids is 2. The molecule has 122 valence electrons. The molecule has 0 aliphatic rings. The van der Waals surface area contributed by atoms with E-state index in [-0.39, 0.29) is 32.0 Å². The Bertz CT molecular complexity index is 507. The number of hydrogen-bond acceptors (Lipinski definition) is 5. The number of carbonyl (C=O) groups is 2. The highest BCUT2D eigenvalue weighted by Gasteiger charge is 2.20. The molecule has 1 rings (SSSR count). The van der Waals surface area contributed by atoms with Gasteiger partial charge in [0.05, 0.1) is 25.9 Å². The van der Waals surface area contributed by atoms with E-state index in [1.807, 2.05) is 0 Å². The number of nitrogens with zero attached hydrogens (tertiary/aromatic N) is 2. The van der Waals surface area contributed by atoms with E-state index in [4.69, 9.17) is 15.6 Å². The normalized spacial score (nSPS) is 10.5. The largest absolute Gasteiger partial charge is 0.495 e. The SMILES string of the molecule is COc1ccccc1N(CCC(N)=O)C(=O)CN(C)CCO. The molecule has 0 fully saturated rings. The summed E-state index contributed by atoms with van der Waals surface area (Å²) in [5.74, 6) is -0.122. The number of aliphatic hydroxyl groups excluding tert-OH is 1. The van der Waals surface area contributed by atoms with E-state index >= 15 is 0 Å². The van der Waals surface area contributed by atoms with E-state index in [2.05, 4.69) is 0 Å². The van der Waals surface area contributed by atoms with Crippen molar-refractivity contribution in [1.82, 2.24) is 4.90 Å². The Balaban J connectivity index is 2.96. The molecule has 0 spiro atoms. The molecule has 0 heterocycles. The van der Waals surface area contributed by atoms with Crippen LogP contribution in [-0.4, -0.2) is 62.2 Å². The molecule has 0 aliphatic heterocycles. The van der Waals surface area contributed by atoms with Gasteiger partial charge < -0.3 is 20.5 Å². The Hall–Kier alpha value is -2.12. The fourth-order valence-electron chi connectivity index (χ4n) is 2.02. The minimum absolute atomic E-state index is 0.0281. The second-order valence-electron chi connectivity index (χ2n) is 4.89. The van der Waals surface area contributed by atoms with E-state index in [0.717, 1.165) is 0 Å². The summed E-state index contributed by atoms with van der Waals surface area (Å²) < 4.78 is 5.27. The Kier molecular flexibility index (Phi) is 7.34. The maximum absolute atomic E-state index is 12.5. The van der Waals surface area contributed by atoms with Crippen molar-refractivity contribution in [2.45, 2.75) is 6.42 Å². The predicted molar refractivity (Wildman–Crippen MR) is 83.7 cm³/mol. The van der Waals surface area contributed by atoms with Gasteiger partial charge in [-0.05, 0) is 19.2 Å². The smallest absolute Gasteiger partial charge is 0.241 e. The Labute approximate surface area is 130 Å². The molecule has 0 aromatic heterocycles. The molecule has 0 unspecified atom stereocenters. The lowest BCUT2D eigenvalue weighted by Crippen LogP contribution is -2.41. The van der Waals surface area contributed by atoms with Gasteiger partial charge in [0.15, 0.2) is 0 Å². The van der Waals surface area contributed by atoms with Crippen molar-refractivity contribution in [3.8, 4) is 5.75 Å². The fourth-order valence-corrected chi connectivity index (χ4v) is 2.02. The van der Waals surface area contributed by atoms with Crippen LogP contribution in [0.1, 0.15) is 6.42 Å². The lowest BCUT2D eigenvalue weighted by Gasteiger charge is -2.26. The third kappa shape index (κ3) is 5.34. The summed E-state index contributed by atoms with van der Waals surface area (Å²) in [5.41, 5.74) is 5.78. The van der Waals surface area contributed by atoms with Gasteiger partial charge in [0.1, 0.15) is 5.75 Å². The van der Waals surface area contributed by atoms with E-state index in [1.165, 1.54) is 12.0 Å². The first kappa shape index (κ1) is 17.9. The fraction of sp³-hybridized carbons (Fsp3) is 0.467. The summed E-state index contributed by atoms with van der Waals surface area (Å²) in [6, 6.07) is 7.10. The first-order chi connectivity index (χ1) is 10.5. The molecule has 0 bridgehead atoms. The topological polar surface area (TPSA) is 96.1 Å². The number of likely N-dealkylation sites (N-methyl/N-ethyl adjacent to an activating group) is 1. The number of benzene rings is 1. The zero-order valence-corrected chi connectivity index (χ0v) is 13.0. The Morgan fingerprint density at radius 2 is 1.95 bits per heavy atom. The summed E-state index contributed by atoms with van der Waals surface area (Å²) >= 11 is 0. The number of rotatable bonds is 9. The number of anilines is 1. The Morgan fingerprint density at radius 1 is 1.27 bits per heavy atom. The molecular weight excluding hydrogens is 286 g/mol. The van der Waals surface area contributed by atoms with Crippen LogP contribution in [0.5, 0.6) is 5.75 Å². The second kappa shape index (κ2) is 9.01. The van der Waals surface area contributed by atoms with Crippen molar-refractivity contribution >= 4 is 17.5 Å². The molecule has 0 aliphatic carbocycles. The van der Waals surface area contributed by atoms with Crippen LogP contribution < -0.4 is 15.4 Å². The first-order valence-electron chi connectivity index (χ1n) is 7.00. The van der Waals surface area contributed by atoms with Crippen molar-refractivity contribution in [3.05, 3.63) is 24.3 Å². The molecule has 0 atom stereocenters. The van der Waals surface area contributed by atoms with Gasteiger partial charge in [0.25, 0.3) is 0 Å². The Morgan fingerprint density at radius 3 is 2.55 bits per heavy atom. The molecule has 2 amide bonds. The average Bonchev–Trinajstić information content (AvgIpc) is 2.47. The molecule has 7 heteroatoms. The lowest BCUT2D eigenvalue weighted by molar-refractivity contribution is -0.119. The van der Waals surface area contributed by atoms with Gasteiger partial charge in [-0.25, -0.2) is 0 Å². The minimum Gasteiger partial charge on any atom is -0.495 e. The number of aliphatic hydroxyl groups is 1. The number of amides is 2. The van der Waals surface area contributed by atoms with E-state index in [9.17, 15) is 9.59 Å². The number of hydrogen-bond donors (Lipinski definition) is 2. The van der Waals surface area contributed by atoms with Gasteiger partial charge in [-0.1, -0.05) is 12.1 Å². The van der Waals surface area contributed by atoms with Crippen LogP contribution in [0.3, 0.4) is 0 Å². The highest BCUT2D eigenvalue weighted by atomic mass is 16.5. The minimum atomic E-state index is -0.476. The van der Waals surface area contributed by atoms with Crippen LogP contribution in [0, 0.1) is 0 Å². The second-order valence-corrected chi connectivity index (χ2v) is 4.89. The first-order valence-corrected chi connectivity index (χ1v) is 7.00. The van der Waals surface area contributed by atoms with Crippen molar-refractivity contribution in [3.63, 3.8) is 0 Å². The van der Waals surface area contributed by atoms with E-state index in [1.54, 1.807) is 36.2 Å². The van der Waals surface area contributed by atoms with Crippen molar-refractivity contribution in [1.29, 1.82) is 0 Å². The monoisotopic (exact) mass is 309 g/mol. The summed E-state index contributed by atoms with van der Waals surface area (Å²) in [5, 5.41) is 8.92. The molecule has 7 nitrogen and oxygen atoms in total. The summed E-state index contributed by atoms with van der Waals surface area (Å²) in [7, 11) is 3.26. The van der Waals surface area contributed by atoms with Crippen molar-refractivity contribution < 1.29 is 19.4 Å². The maximum atomic E-state index is 12.5. The number of methoxy groups -OCH3 is 1. The third-order valence-corrected chi connectivity index (χ3v) is 3.15. The van der Waals surface area contributed by atoms with Gasteiger partial charge in [0, 0.05) is 19.5 Å². The van der Waals surface area contributed by atoms with Crippen LogP contribution in [0.15, 0.2) is 24.3 Å². The molecule has 0 radical (unpaired) electrons. The van der Waals surface area contributed by atoms with Crippen LogP contribution in [0.25, 0.3) is 0 Å². The predicted octanol–water partition coefficient (Wildman–Crippen LogP) is -0.172. The van der Waals surface area contributed by atoms with Crippen LogP contribution in [0.4, 0.5) is 5.69 Å². The molecule has 0 saturated heterocycles. The lowest BCUT2D eigenvalue weighted by atomic mass is 10.2. The molecular formula is C15H23N3O4. The molecule has 1 aromatic carbocycles. The summed E-state index contributed by atoms with van der Waals surface area (Å²) in [6.07, 6.45) is 0.0630. The highest BCUT2D eigenvalue weighted by molar-refractivity contribution is 5.96. The van der Waals surface area contributed by atoms with Crippen molar-refractivity contribution in [2.24, 2.45) is 5.73 Å². The number of nitrogens with two attached hydrogens (primary N) is 1. The van der Waals surface area contributed by atoms with Crippen LogP contribution >= 0.6 is 0 Å². The summed E-state index contributed by atoms with van der Waals surface area (Å²) in [4.78, 5) is 26.7. The average molecular weight is 309 g/mol. The highest BCUT2D eigenvalue weighted by Crippen LogP contribution is 2.28. The van der Waals surface area contributed by atoms with Gasteiger partial charge >= 0.3 is 0 Å². The van der Waals surface area contributed by atoms with Gasteiger partial charge in [0.2, 0.25) is 11.8 Å². The van der Waals surface area contributed by atoms with E-state index < -0.39 is 5.91 Å². The quantitative estimate of drug-likeness (QED) is 0.660. The van der Waals surface area contributed by atoms with Gasteiger partial charge in [-0.3, -0.25) is 14.5 Å². The molecule has 22 heavy (non-hydrogen) atoms. The van der Waals surface area contributed by atoms with Gasteiger partial charge in [-0.15, -0.1) is 0 Å². The number of primary amides is 1. The third-order valence-electron chi connectivity index (χ3n) is 3.15. The van der Waals surface area contributed by atoms with E-state index in [0.29, 0.717) is 18.0 Å². The van der Waals surface area contributed by atoms with Crippen molar-refractivity contribution in [2.75, 3.05) is 45.3 Å². The summed E-state index contributed by atoms with van der Waals surface area (Å²) in [6.45, 7) is 0.667. The number of para-hydroxylation sites is 2. The number of ether oxygens (including phenoxy) is 1. The van der Waals surface area contributed by atoms with Crippen LogP contribution in [0.2, 0.25) is 0 Å². The maximum Gasteiger partial charge on any atom is 0.241 e. The zero-order chi connectivity index (χ0) is 16.5. The zero-order valence-electron chi connectivity index (χ0n) is 13.0. The molecule has 1 aromatic rings. The molecule has 0 saturated carbocycles.